The molecule has 3 rings (SSSR count). The summed E-state index contributed by atoms with van der Waals surface area (Å²) in [5.74, 6) is 7.21. The van der Waals surface area contributed by atoms with Gasteiger partial charge in [-0.3, -0.25) is 16.0 Å². The van der Waals surface area contributed by atoms with E-state index in [1.807, 2.05) is 29.7 Å². The molecule has 1 aromatic carbocycles. The summed E-state index contributed by atoms with van der Waals surface area (Å²) >= 11 is 5.45. The normalized spacial score (nSPS) is 19.4. The van der Waals surface area contributed by atoms with Gasteiger partial charge in [0.05, 0.1) is 22.4 Å². The number of hydrogen-bond acceptors (Lipinski definition) is 4. The van der Waals surface area contributed by atoms with E-state index in [4.69, 9.17) is 5.84 Å². The predicted molar refractivity (Wildman–Crippen MR) is 80.9 cm³/mol. The zero-order chi connectivity index (χ0) is 13.4. The minimum Gasteiger partial charge on any atom is -0.271 e. The monoisotopic (exact) mass is 338 g/mol. The van der Waals surface area contributed by atoms with Crippen LogP contribution in [0.25, 0.3) is 0 Å². The van der Waals surface area contributed by atoms with Crippen LogP contribution >= 0.6 is 27.7 Å². The van der Waals surface area contributed by atoms with Crippen LogP contribution in [0.1, 0.15) is 23.2 Å². The fourth-order valence-corrected chi connectivity index (χ4v) is 4.51. The number of benzene rings is 1. The van der Waals surface area contributed by atoms with E-state index in [0.717, 1.165) is 15.9 Å². The van der Waals surface area contributed by atoms with Crippen molar-refractivity contribution in [3.63, 3.8) is 0 Å². The summed E-state index contributed by atoms with van der Waals surface area (Å²) in [4.78, 5) is 1.35. The van der Waals surface area contributed by atoms with E-state index in [0.29, 0.717) is 5.92 Å². The summed E-state index contributed by atoms with van der Waals surface area (Å²) < 4.78 is 2.87. The van der Waals surface area contributed by atoms with Crippen molar-refractivity contribution in [2.24, 2.45) is 12.9 Å². The zero-order valence-corrected chi connectivity index (χ0v) is 12.9. The van der Waals surface area contributed by atoms with Gasteiger partial charge in [0.2, 0.25) is 0 Å². The van der Waals surface area contributed by atoms with Crippen molar-refractivity contribution in [2.75, 3.05) is 5.75 Å². The first-order chi connectivity index (χ1) is 9.22. The van der Waals surface area contributed by atoms with Crippen molar-refractivity contribution < 1.29 is 0 Å². The summed E-state index contributed by atoms with van der Waals surface area (Å²) in [7, 11) is 1.94. The maximum absolute atomic E-state index is 5.82. The number of aryl methyl sites for hydroxylation is 1. The summed E-state index contributed by atoms with van der Waals surface area (Å²) in [5.41, 5.74) is 5.42. The van der Waals surface area contributed by atoms with Gasteiger partial charge < -0.3 is 0 Å². The molecule has 2 atom stereocenters. The molecule has 1 aliphatic rings. The van der Waals surface area contributed by atoms with E-state index >= 15 is 0 Å². The first-order valence-corrected chi connectivity index (χ1v) is 7.85. The van der Waals surface area contributed by atoms with Gasteiger partial charge >= 0.3 is 0 Å². The highest BCUT2D eigenvalue weighted by atomic mass is 79.9. The van der Waals surface area contributed by atoms with Gasteiger partial charge in [0.1, 0.15) is 0 Å². The Kier molecular flexibility index (Phi) is 3.66. The molecular formula is C13H15BrN4S. The van der Waals surface area contributed by atoms with E-state index < -0.39 is 0 Å². The highest BCUT2D eigenvalue weighted by molar-refractivity contribution is 9.10. The number of rotatable bonds is 3. The van der Waals surface area contributed by atoms with Crippen LogP contribution in [0.3, 0.4) is 0 Å². The Bertz CT molecular complexity index is 579. The molecule has 0 radical (unpaired) electrons. The number of nitrogens with one attached hydrogen (secondary N) is 1. The molecule has 0 bridgehead atoms. The van der Waals surface area contributed by atoms with Crippen molar-refractivity contribution in [1.82, 2.24) is 15.2 Å². The number of fused-ring (bicyclic) bond motifs is 1. The molecule has 2 aromatic rings. The number of halogens is 1. The summed E-state index contributed by atoms with van der Waals surface area (Å²) in [6, 6.07) is 8.58. The Morgan fingerprint density at radius 2 is 2.32 bits per heavy atom. The van der Waals surface area contributed by atoms with Gasteiger partial charge in [0.25, 0.3) is 0 Å². The van der Waals surface area contributed by atoms with Crippen LogP contribution in [-0.4, -0.2) is 15.5 Å². The fourth-order valence-electron chi connectivity index (χ4n) is 2.62. The van der Waals surface area contributed by atoms with Crippen LogP contribution in [0.5, 0.6) is 0 Å². The number of hydrazine groups is 1. The van der Waals surface area contributed by atoms with E-state index in [-0.39, 0.29) is 6.04 Å². The number of thioether (sulfide) groups is 1. The molecule has 0 fully saturated rings. The molecule has 6 heteroatoms. The molecule has 1 aliphatic heterocycles. The van der Waals surface area contributed by atoms with Gasteiger partial charge in [-0.1, -0.05) is 18.2 Å². The van der Waals surface area contributed by atoms with Gasteiger partial charge in [-0.05, 0) is 27.6 Å². The summed E-state index contributed by atoms with van der Waals surface area (Å²) in [6.45, 7) is 0. The third-order valence-electron chi connectivity index (χ3n) is 3.55. The van der Waals surface area contributed by atoms with Crippen molar-refractivity contribution in [3.8, 4) is 0 Å². The lowest BCUT2D eigenvalue weighted by atomic mass is 9.91. The minimum atomic E-state index is 0.0537. The highest BCUT2D eigenvalue weighted by Gasteiger charge is 2.33. The molecule has 4 nitrogen and oxygen atoms in total. The van der Waals surface area contributed by atoms with Crippen LogP contribution in [0.2, 0.25) is 0 Å². The van der Waals surface area contributed by atoms with E-state index in [2.05, 4.69) is 50.7 Å². The Morgan fingerprint density at radius 3 is 3.00 bits per heavy atom. The van der Waals surface area contributed by atoms with Gasteiger partial charge in [-0.25, -0.2) is 0 Å². The maximum atomic E-state index is 5.82. The molecule has 19 heavy (non-hydrogen) atoms. The van der Waals surface area contributed by atoms with Crippen molar-refractivity contribution >= 4 is 27.7 Å². The molecule has 100 valence electrons. The average Bonchev–Trinajstić information content (AvgIpc) is 2.98. The second-order valence-electron chi connectivity index (χ2n) is 4.60. The lowest BCUT2D eigenvalue weighted by molar-refractivity contribution is 0.452. The Hall–Kier alpha value is -0.820. The Balaban J connectivity index is 2.01. The third kappa shape index (κ3) is 2.23. The van der Waals surface area contributed by atoms with Crippen LogP contribution < -0.4 is 11.3 Å². The van der Waals surface area contributed by atoms with Crippen molar-refractivity contribution in [1.29, 1.82) is 0 Å². The lowest BCUT2D eigenvalue weighted by Crippen LogP contribution is -2.34. The zero-order valence-electron chi connectivity index (χ0n) is 10.5. The molecule has 1 aromatic heterocycles. The Morgan fingerprint density at radius 1 is 1.53 bits per heavy atom. The van der Waals surface area contributed by atoms with E-state index in [1.54, 1.807) is 0 Å². The SMILES string of the molecule is Cn1ncc(Br)c1C(NN)C1CSc2ccccc21. The lowest BCUT2D eigenvalue weighted by Gasteiger charge is -2.24. The fraction of sp³-hybridized carbons (Fsp3) is 0.308. The second-order valence-corrected chi connectivity index (χ2v) is 6.52. The molecule has 3 N–H and O–H groups in total. The number of nitrogens with two attached hydrogens (primary N) is 1. The smallest absolute Gasteiger partial charge is 0.0717 e. The van der Waals surface area contributed by atoms with Crippen molar-refractivity contribution in [2.45, 2.75) is 16.9 Å². The number of hydrogen-bond donors (Lipinski definition) is 2. The maximum Gasteiger partial charge on any atom is 0.0717 e. The largest absolute Gasteiger partial charge is 0.271 e. The summed E-state index contributed by atoms with van der Waals surface area (Å²) in [5, 5.41) is 4.28. The standard InChI is InChI=1S/C13H15BrN4S/c1-18-13(10(14)6-16-18)12(17-15)9-7-19-11-5-3-2-4-8(9)11/h2-6,9,12,17H,7,15H2,1H3. The minimum absolute atomic E-state index is 0.0537. The first kappa shape index (κ1) is 13.2. The van der Waals surface area contributed by atoms with Crippen molar-refractivity contribution in [3.05, 3.63) is 46.2 Å². The van der Waals surface area contributed by atoms with Gasteiger partial charge in [0, 0.05) is 23.6 Å². The predicted octanol–water partition coefficient (Wildman–Crippen LogP) is 2.58. The van der Waals surface area contributed by atoms with Gasteiger partial charge in [0.15, 0.2) is 0 Å². The van der Waals surface area contributed by atoms with Crippen LogP contribution in [0.4, 0.5) is 0 Å². The van der Waals surface area contributed by atoms with E-state index in [1.165, 1.54) is 10.5 Å². The number of aromatic nitrogens is 2. The summed E-state index contributed by atoms with van der Waals surface area (Å²) in [6.07, 6.45) is 1.81. The number of nitrogens with zero attached hydrogens (tertiary/aromatic N) is 2. The van der Waals surface area contributed by atoms with Crippen LogP contribution in [0.15, 0.2) is 39.8 Å². The van der Waals surface area contributed by atoms with Gasteiger partial charge in [-0.2, -0.15) is 5.10 Å². The van der Waals surface area contributed by atoms with Crippen LogP contribution in [0, 0.1) is 0 Å². The molecule has 0 saturated carbocycles. The molecule has 0 aliphatic carbocycles. The molecule has 0 amide bonds. The Labute approximate surface area is 124 Å². The molecule has 2 heterocycles. The average molecular weight is 339 g/mol. The highest BCUT2D eigenvalue weighted by Crippen LogP contribution is 2.46. The molecular weight excluding hydrogens is 324 g/mol. The van der Waals surface area contributed by atoms with E-state index in [9.17, 15) is 0 Å². The van der Waals surface area contributed by atoms with Gasteiger partial charge in [-0.15, -0.1) is 11.8 Å². The first-order valence-electron chi connectivity index (χ1n) is 6.07. The quantitative estimate of drug-likeness (QED) is 0.667. The molecule has 0 spiro atoms. The molecule has 2 unspecified atom stereocenters. The second kappa shape index (κ2) is 5.28. The molecule has 0 saturated heterocycles. The topological polar surface area (TPSA) is 55.9 Å². The third-order valence-corrected chi connectivity index (χ3v) is 5.37. The van der Waals surface area contributed by atoms with Crippen LogP contribution in [-0.2, 0) is 7.05 Å².